The van der Waals surface area contributed by atoms with Crippen molar-refractivity contribution in [2.75, 3.05) is 17.7 Å². The van der Waals surface area contributed by atoms with E-state index in [1.165, 1.54) is 7.11 Å². The topological polar surface area (TPSA) is 109 Å². The fourth-order valence-electron chi connectivity index (χ4n) is 2.92. The van der Waals surface area contributed by atoms with E-state index >= 15 is 0 Å². The highest BCUT2D eigenvalue weighted by Gasteiger charge is 2.14. The van der Waals surface area contributed by atoms with Crippen molar-refractivity contribution < 1.29 is 19.1 Å². The molecule has 0 atom stereocenters. The normalized spacial score (nSPS) is 10.9. The lowest BCUT2D eigenvalue weighted by atomic mass is 10.0. The van der Waals surface area contributed by atoms with Gasteiger partial charge in [0.25, 0.3) is 0 Å². The summed E-state index contributed by atoms with van der Waals surface area (Å²) in [5, 5.41) is 9.15. The van der Waals surface area contributed by atoms with Gasteiger partial charge in [-0.05, 0) is 51.0 Å². The van der Waals surface area contributed by atoms with Gasteiger partial charge in [0.2, 0.25) is 5.91 Å². The summed E-state index contributed by atoms with van der Waals surface area (Å²) in [6.07, 6.45) is -0.0233. The number of methoxy groups -OCH3 is 1. The van der Waals surface area contributed by atoms with Crippen LogP contribution in [-0.4, -0.2) is 30.5 Å². The largest absolute Gasteiger partial charge is 0.497 e. The molecule has 8 heteroatoms. The summed E-state index contributed by atoms with van der Waals surface area (Å²) < 4.78 is 5.06. The van der Waals surface area contributed by atoms with Gasteiger partial charge in [-0.1, -0.05) is 23.8 Å². The quantitative estimate of drug-likeness (QED) is 0.386. The number of anilines is 2. The molecular formula is C22H26N4O4. The Hall–Kier alpha value is -3.68. The van der Waals surface area contributed by atoms with Crippen LogP contribution in [0.5, 0.6) is 5.75 Å². The van der Waals surface area contributed by atoms with Gasteiger partial charge in [-0.2, -0.15) is 5.10 Å². The van der Waals surface area contributed by atoms with E-state index in [1.54, 1.807) is 31.2 Å². The molecule has 0 aliphatic carbocycles. The predicted molar refractivity (Wildman–Crippen MR) is 117 cm³/mol. The molecular weight excluding hydrogens is 384 g/mol. The van der Waals surface area contributed by atoms with E-state index in [0.29, 0.717) is 17.1 Å². The zero-order chi connectivity index (χ0) is 22.3. The van der Waals surface area contributed by atoms with Gasteiger partial charge in [-0.25, -0.2) is 5.43 Å². The molecule has 2 aromatic rings. The first kappa shape index (κ1) is 22.6. The summed E-state index contributed by atoms with van der Waals surface area (Å²) in [4.78, 5) is 36.2. The summed E-state index contributed by atoms with van der Waals surface area (Å²) >= 11 is 0. The van der Waals surface area contributed by atoms with Crippen LogP contribution >= 0.6 is 0 Å². The number of hydrogen-bond donors (Lipinski definition) is 3. The van der Waals surface area contributed by atoms with Crippen molar-refractivity contribution in [1.29, 1.82) is 0 Å². The van der Waals surface area contributed by atoms with Crippen LogP contribution in [-0.2, 0) is 14.4 Å². The van der Waals surface area contributed by atoms with Crippen LogP contribution in [0.15, 0.2) is 41.5 Å². The predicted octanol–water partition coefficient (Wildman–Crippen LogP) is 3.08. The van der Waals surface area contributed by atoms with Crippen LogP contribution in [0.2, 0.25) is 0 Å². The van der Waals surface area contributed by atoms with Gasteiger partial charge >= 0.3 is 11.8 Å². The number of hydrazone groups is 1. The first-order valence-corrected chi connectivity index (χ1v) is 9.36. The first-order valence-electron chi connectivity index (χ1n) is 9.36. The van der Waals surface area contributed by atoms with Crippen LogP contribution in [0, 0.1) is 20.8 Å². The summed E-state index contributed by atoms with van der Waals surface area (Å²) in [7, 11) is 1.50. The molecule has 158 valence electrons. The van der Waals surface area contributed by atoms with Gasteiger partial charge in [0, 0.05) is 23.2 Å². The molecule has 0 unspecified atom stereocenters. The number of carbonyl (C=O) groups is 3. The molecule has 2 aromatic carbocycles. The van der Waals surface area contributed by atoms with Crippen LogP contribution in [0.3, 0.4) is 0 Å². The number of aryl methyl sites for hydroxylation is 3. The summed E-state index contributed by atoms with van der Waals surface area (Å²) in [5.41, 5.74) is 6.76. The van der Waals surface area contributed by atoms with Crippen LogP contribution in [0.4, 0.5) is 11.4 Å². The number of hydrogen-bond acceptors (Lipinski definition) is 5. The van der Waals surface area contributed by atoms with Gasteiger partial charge in [0.1, 0.15) is 5.75 Å². The van der Waals surface area contributed by atoms with Crippen LogP contribution in [0.25, 0.3) is 0 Å². The van der Waals surface area contributed by atoms with Gasteiger partial charge in [-0.3, -0.25) is 14.4 Å². The van der Waals surface area contributed by atoms with Crippen molar-refractivity contribution in [2.24, 2.45) is 5.10 Å². The minimum Gasteiger partial charge on any atom is -0.497 e. The molecule has 0 aliphatic rings. The molecule has 0 bridgehead atoms. The first-order chi connectivity index (χ1) is 14.2. The van der Waals surface area contributed by atoms with E-state index in [1.807, 2.05) is 32.9 Å². The lowest BCUT2D eigenvalue weighted by Crippen LogP contribution is -2.33. The Kier molecular flexibility index (Phi) is 7.69. The third kappa shape index (κ3) is 6.44. The van der Waals surface area contributed by atoms with Gasteiger partial charge in [0.05, 0.1) is 13.5 Å². The maximum Gasteiger partial charge on any atom is 0.329 e. The Morgan fingerprint density at radius 3 is 2.27 bits per heavy atom. The zero-order valence-electron chi connectivity index (χ0n) is 17.8. The Labute approximate surface area is 175 Å². The average molecular weight is 410 g/mol. The molecule has 0 aromatic heterocycles. The molecule has 0 heterocycles. The second-order valence-corrected chi connectivity index (χ2v) is 6.97. The molecule has 2 rings (SSSR count). The number of amides is 3. The Bertz CT molecular complexity index is 975. The lowest BCUT2D eigenvalue weighted by molar-refractivity contribution is -0.136. The smallest absolute Gasteiger partial charge is 0.329 e. The highest BCUT2D eigenvalue weighted by atomic mass is 16.5. The molecule has 0 saturated heterocycles. The maximum absolute atomic E-state index is 12.3. The van der Waals surface area contributed by atoms with Crippen molar-refractivity contribution in [1.82, 2.24) is 5.43 Å². The third-order valence-electron chi connectivity index (χ3n) is 4.24. The second-order valence-electron chi connectivity index (χ2n) is 6.97. The molecule has 0 radical (unpaired) electrons. The summed E-state index contributed by atoms with van der Waals surface area (Å²) in [6.45, 7) is 7.44. The van der Waals surface area contributed by atoms with Gasteiger partial charge in [-0.15, -0.1) is 0 Å². The number of benzene rings is 2. The zero-order valence-corrected chi connectivity index (χ0v) is 17.8. The monoisotopic (exact) mass is 410 g/mol. The molecule has 0 spiro atoms. The lowest BCUT2D eigenvalue weighted by Gasteiger charge is -2.12. The number of carbonyl (C=O) groups excluding carboxylic acids is 3. The van der Waals surface area contributed by atoms with Gasteiger partial charge in [0.15, 0.2) is 0 Å². The number of nitrogens with one attached hydrogen (secondary N) is 3. The molecule has 0 aliphatic heterocycles. The molecule has 0 fully saturated rings. The van der Waals surface area contributed by atoms with Crippen molar-refractivity contribution in [3.63, 3.8) is 0 Å². The van der Waals surface area contributed by atoms with E-state index in [2.05, 4.69) is 21.2 Å². The second kappa shape index (κ2) is 10.2. The van der Waals surface area contributed by atoms with Crippen molar-refractivity contribution in [3.8, 4) is 5.75 Å². The van der Waals surface area contributed by atoms with Crippen molar-refractivity contribution in [2.45, 2.75) is 34.1 Å². The molecule has 3 amide bonds. The number of rotatable bonds is 6. The molecule has 0 saturated carbocycles. The fourth-order valence-corrected chi connectivity index (χ4v) is 2.92. The minimum absolute atomic E-state index is 0.0233. The number of nitrogens with zero attached hydrogens (tertiary/aromatic N) is 1. The average Bonchev–Trinajstić information content (AvgIpc) is 2.68. The molecule has 3 N–H and O–H groups in total. The molecule has 30 heavy (non-hydrogen) atoms. The Morgan fingerprint density at radius 2 is 1.63 bits per heavy atom. The number of ether oxygens (including phenoxy) is 1. The maximum atomic E-state index is 12.3. The Morgan fingerprint density at radius 1 is 0.967 bits per heavy atom. The highest BCUT2D eigenvalue weighted by Crippen LogP contribution is 2.22. The van der Waals surface area contributed by atoms with Crippen molar-refractivity contribution in [3.05, 3.63) is 53.1 Å². The highest BCUT2D eigenvalue weighted by molar-refractivity contribution is 6.39. The standard InChI is InChI=1S/C22H26N4O4/c1-13-9-14(2)20(15(3)10-13)24-19(27)11-16(4)25-26-22(29)21(28)23-17-7-6-8-18(12-17)30-5/h6-10,12H,11H2,1-5H3,(H,23,28)(H,24,27)(H,26,29)/b25-16+. The van der Waals surface area contributed by atoms with E-state index < -0.39 is 11.8 Å². The molecule has 8 nitrogen and oxygen atoms in total. The van der Waals surface area contributed by atoms with E-state index in [9.17, 15) is 14.4 Å². The third-order valence-corrected chi connectivity index (χ3v) is 4.24. The van der Waals surface area contributed by atoms with Gasteiger partial charge < -0.3 is 15.4 Å². The minimum atomic E-state index is -0.942. The summed E-state index contributed by atoms with van der Waals surface area (Å²) in [5.74, 6) is -1.54. The van der Waals surface area contributed by atoms with E-state index in [-0.39, 0.29) is 12.3 Å². The van der Waals surface area contributed by atoms with Crippen LogP contribution in [0.1, 0.15) is 30.0 Å². The Balaban J connectivity index is 1.90. The van der Waals surface area contributed by atoms with Crippen molar-refractivity contribution >= 4 is 34.8 Å². The van der Waals surface area contributed by atoms with E-state index in [0.717, 1.165) is 22.4 Å². The summed E-state index contributed by atoms with van der Waals surface area (Å²) in [6, 6.07) is 10.6. The fraction of sp³-hybridized carbons (Fsp3) is 0.273. The van der Waals surface area contributed by atoms with E-state index in [4.69, 9.17) is 4.74 Å². The SMILES string of the molecule is COc1cccc(NC(=O)C(=O)N/N=C(\C)CC(=O)Nc2c(C)cc(C)cc2C)c1. The van der Waals surface area contributed by atoms with Crippen LogP contribution < -0.4 is 20.8 Å².